The Morgan fingerprint density at radius 1 is 0.378 bits per heavy atom. The maximum atomic E-state index is 13.5. The highest BCUT2D eigenvalue weighted by Gasteiger charge is 2.54. The summed E-state index contributed by atoms with van der Waals surface area (Å²) in [7, 11) is 0. The Morgan fingerprint density at radius 3 is 1.10 bits per heavy atom. The summed E-state index contributed by atoms with van der Waals surface area (Å²) in [6.45, 7) is 1.70. The highest BCUT2D eigenvalue weighted by molar-refractivity contribution is 5.76. The number of unbranched alkanes of at least 4 members (excludes halogenated alkanes) is 30. The topological polar surface area (TPSA) is 307 Å². The van der Waals surface area contributed by atoms with E-state index >= 15 is 0 Å². The lowest BCUT2D eigenvalue weighted by molar-refractivity contribution is -0.379. The van der Waals surface area contributed by atoms with Crippen LogP contribution in [0.2, 0.25) is 0 Å². The summed E-state index contributed by atoms with van der Waals surface area (Å²) in [5, 5.41) is 121. The largest absolute Gasteiger partial charge is 0.394 e. The number of amides is 1. The van der Waals surface area contributed by atoms with Crippen molar-refractivity contribution in [2.24, 2.45) is 0 Å². The van der Waals surface area contributed by atoms with Crippen molar-refractivity contribution in [2.75, 3.05) is 26.4 Å². The molecule has 0 aromatic heterocycles. The van der Waals surface area contributed by atoms with Crippen LogP contribution >= 0.6 is 0 Å². The van der Waals surface area contributed by atoms with Gasteiger partial charge in [-0.25, -0.2) is 0 Å². The average molecular weight is 1390 g/mol. The third-order valence-electron chi connectivity index (χ3n) is 19.0. The van der Waals surface area contributed by atoms with Crippen molar-refractivity contribution >= 4 is 5.91 Å². The molecule has 3 fully saturated rings. The first-order chi connectivity index (χ1) is 47.8. The second kappa shape index (κ2) is 59.4. The molecule has 0 aromatic rings. The lowest BCUT2D eigenvalue weighted by atomic mass is 9.96. The first-order valence-electron chi connectivity index (χ1n) is 38.8. The fraction of sp³-hybridized carbons (Fsp3) is 0.810. The van der Waals surface area contributed by atoms with Gasteiger partial charge in [-0.05, 0) is 70.6 Å². The molecule has 19 nitrogen and oxygen atoms in total. The van der Waals surface area contributed by atoms with Crippen molar-refractivity contribution in [3.63, 3.8) is 0 Å². The Morgan fingerprint density at radius 2 is 0.704 bits per heavy atom. The number of aliphatic hydroxyl groups is 11. The zero-order valence-electron chi connectivity index (χ0n) is 60.5. The van der Waals surface area contributed by atoms with Gasteiger partial charge in [-0.3, -0.25) is 4.79 Å². The lowest BCUT2D eigenvalue weighted by Gasteiger charge is -2.48. The van der Waals surface area contributed by atoms with E-state index in [-0.39, 0.29) is 18.9 Å². The van der Waals surface area contributed by atoms with Gasteiger partial charge in [0.15, 0.2) is 18.9 Å². The Bertz CT molecular complexity index is 2100. The minimum absolute atomic E-state index is 0.243. The van der Waals surface area contributed by atoms with Crippen molar-refractivity contribution in [3.05, 3.63) is 85.1 Å². The van der Waals surface area contributed by atoms with Crippen LogP contribution in [-0.4, -0.2) is 193 Å². The van der Waals surface area contributed by atoms with Crippen molar-refractivity contribution in [1.29, 1.82) is 0 Å². The average Bonchev–Trinajstić information content (AvgIpc) is 0.784. The van der Waals surface area contributed by atoms with Crippen molar-refractivity contribution in [1.82, 2.24) is 5.32 Å². The second-order valence-corrected chi connectivity index (χ2v) is 27.4. The number of nitrogens with one attached hydrogen (secondary N) is 1. The van der Waals surface area contributed by atoms with Gasteiger partial charge in [0.05, 0.1) is 38.6 Å². The fourth-order valence-corrected chi connectivity index (χ4v) is 12.8. The molecule has 0 radical (unpaired) electrons. The molecule has 0 aromatic carbocycles. The number of carbonyl (C=O) groups is 1. The van der Waals surface area contributed by atoms with Crippen LogP contribution in [0.1, 0.15) is 277 Å². The summed E-state index contributed by atoms with van der Waals surface area (Å²) in [6.07, 6.45) is 51.0. The van der Waals surface area contributed by atoms with Gasteiger partial charge in [0.1, 0.15) is 73.2 Å². The molecule has 3 rings (SSSR count). The van der Waals surface area contributed by atoms with Crippen molar-refractivity contribution in [3.8, 4) is 0 Å². The van der Waals surface area contributed by atoms with Gasteiger partial charge in [-0.2, -0.15) is 0 Å². The number of ether oxygens (including phenoxy) is 6. The minimum Gasteiger partial charge on any atom is -0.394 e. The first-order valence-corrected chi connectivity index (χ1v) is 38.8. The standard InChI is InChI=1S/C79H139NO18/c1-3-5-7-9-11-13-15-17-19-21-22-23-24-25-26-27-28-29-30-31-32-33-34-35-36-37-38-39-40-41-43-45-47-49-51-53-55-57-67(85)80-62(63(84)56-54-52-50-48-46-44-42-20-18-16-14-12-10-8-6-4-2)61-93-77-73(91)70(88)75(65(59-82)95-77)98-79-74(92)71(89)76(66(60-83)96-79)97-78-72(90)69(87)68(86)64(58-81)94-78/h5,7,11,13,17,19,22-23,25-26,28-29,31-32,62-66,68-79,81-84,86-92H,3-4,6,8-10,12,14-16,18,20-21,24,27,30,33-61H2,1-2H3,(H,80,85)/b7-5-,13-11-,19-17-,23-22-,26-25-,29-28-,32-31-. The maximum absolute atomic E-state index is 13.5. The SMILES string of the molecule is CC/C=C\C/C=C\C/C=C\C/C=C\C/C=C\C/C=C\C/C=C\CCCCCCCCCCCCCCCCCC(=O)NC(COC1OC(CO)C(OC2OC(CO)C(OC3OC(CO)C(O)C(O)C3O)C(O)C2O)C(O)C1O)C(O)CCCCCCCCCCCCCCCCCC. The molecule has 12 N–H and O–H groups in total. The van der Waals surface area contributed by atoms with Gasteiger partial charge in [-0.15, -0.1) is 0 Å². The zero-order chi connectivity index (χ0) is 71.1. The number of aliphatic hydroxyl groups excluding tert-OH is 11. The zero-order valence-corrected chi connectivity index (χ0v) is 60.5. The monoisotopic (exact) mass is 1390 g/mol. The molecular formula is C79H139NO18. The van der Waals surface area contributed by atoms with Gasteiger partial charge in [0, 0.05) is 6.42 Å². The number of hydrogen-bond donors (Lipinski definition) is 12. The van der Waals surface area contributed by atoms with Crippen LogP contribution in [0.3, 0.4) is 0 Å². The van der Waals surface area contributed by atoms with Gasteiger partial charge >= 0.3 is 0 Å². The number of hydrogen-bond acceptors (Lipinski definition) is 18. The van der Waals surface area contributed by atoms with E-state index in [0.717, 1.165) is 96.3 Å². The number of rotatable bonds is 60. The normalized spacial score (nSPS) is 27.2. The molecule has 3 aliphatic heterocycles. The van der Waals surface area contributed by atoms with Gasteiger partial charge in [-0.1, -0.05) is 285 Å². The fourth-order valence-electron chi connectivity index (χ4n) is 12.8. The third kappa shape index (κ3) is 39.6. The van der Waals surface area contributed by atoms with E-state index in [1.165, 1.54) is 148 Å². The summed E-state index contributed by atoms with van der Waals surface area (Å²) < 4.78 is 34.5. The van der Waals surface area contributed by atoms with Crippen molar-refractivity contribution in [2.45, 2.75) is 381 Å². The number of carbonyl (C=O) groups excluding carboxylic acids is 1. The molecule has 3 saturated heterocycles. The third-order valence-corrected chi connectivity index (χ3v) is 19.0. The lowest BCUT2D eigenvalue weighted by Crippen LogP contribution is -2.66. The van der Waals surface area contributed by atoms with E-state index in [1.807, 2.05) is 0 Å². The molecule has 568 valence electrons. The van der Waals surface area contributed by atoms with Crippen LogP contribution in [-0.2, 0) is 33.2 Å². The quantitative estimate of drug-likeness (QED) is 0.0199. The van der Waals surface area contributed by atoms with Crippen LogP contribution in [0.15, 0.2) is 85.1 Å². The molecular weight excluding hydrogens is 1250 g/mol. The maximum Gasteiger partial charge on any atom is 0.220 e. The second-order valence-electron chi connectivity index (χ2n) is 27.4. The summed E-state index contributed by atoms with van der Waals surface area (Å²) in [4.78, 5) is 13.5. The molecule has 0 bridgehead atoms. The molecule has 3 aliphatic rings. The predicted molar refractivity (Wildman–Crippen MR) is 388 cm³/mol. The molecule has 98 heavy (non-hydrogen) atoms. The molecule has 3 heterocycles. The van der Waals surface area contributed by atoms with E-state index in [1.54, 1.807) is 0 Å². The predicted octanol–water partition coefficient (Wildman–Crippen LogP) is 12.2. The summed E-state index contributed by atoms with van der Waals surface area (Å²) >= 11 is 0. The Labute approximate surface area is 590 Å². The summed E-state index contributed by atoms with van der Waals surface area (Å²) in [5.41, 5.74) is 0. The molecule has 17 atom stereocenters. The molecule has 17 unspecified atom stereocenters. The van der Waals surface area contributed by atoms with E-state index in [4.69, 9.17) is 28.4 Å². The first kappa shape index (κ1) is 89.2. The molecule has 0 spiro atoms. The van der Waals surface area contributed by atoms with Gasteiger partial charge < -0.3 is 89.9 Å². The Balaban J connectivity index is 1.33. The summed E-state index contributed by atoms with van der Waals surface area (Å²) in [5.74, 6) is -0.243. The highest BCUT2D eigenvalue weighted by atomic mass is 16.8. The Hall–Kier alpha value is -3.03. The van der Waals surface area contributed by atoms with Crippen LogP contribution < -0.4 is 5.32 Å². The van der Waals surface area contributed by atoms with Crippen LogP contribution in [0, 0.1) is 0 Å². The van der Waals surface area contributed by atoms with E-state index in [9.17, 15) is 61.0 Å². The van der Waals surface area contributed by atoms with Gasteiger partial charge in [0.25, 0.3) is 0 Å². The van der Waals surface area contributed by atoms with E-state index in [2.05, 4.69) is 104 Å². The molecule has 0 aliphatic carbocycles. The summed E-state index contributed by atoms with van der Waals surface area (Å²) in [6, 6.07) is -0.891. The van der Waals surface area contributed by atoms with Crippen LogP contribution in [0.4, 0.5) is 0 Å². The molecule has 19 heteroatoms. The van der Waals surface area contributed by atoms with Gasteiger partial charge in [0.2, 0.25) is 5.91 Å². The smallest absolute Gasteiger partial charge is 0.220 e. The molecule has 1 amide bonds. The molecule has 0 saturated carbocycles. The van der Waals surface area contributed by atoms with Crippen LogP contribution in [0.5, 0.6) is 0 Å². The van der Waals surface area contributed by atoms with Crippen molar-refractivity contribution < 1.29 is 89.4 Å². The Kier molecular flexibility index (Phi) is 54.0. The minimum atomic E-state index is -1.97. The highest BCUT2D eigenvalue weighted by Crippen LogP contribution is 2.33. The van der Waals surface area contributed by atoms with Crippen LogP contribution in [0.25, 0.3) is 0 Å². The van der Waals surface area contributed by atoms with E-state index < -0.39 is 124 Å². The van der Waals surface area contributed by atoms with E-state index in [0.29, 0.717) is 12.8 Å². The number of allylic oxidation sites excluding steroid dienone is 14.